The van der Waals surface area contributed by atoms with E-state index in [0.29, 0.717) is 19.0 Å². The first-order valence-corrected chi connectivity index (χ1v) is 10.1. The maximum Gasteiger partial charge on any atom is 0.410 e. The van der Waals surface area contributed by atoms with Crippen LogP contribution in [0.2, 0.25) is 0 Å². The van der Waals surface area contributed by atoms with E-state index in [1.54, 1.807) is 11.2 Å². The summed E-state index contributed by atoms with van der Waals surface area (Å²) in [5.74, 6) is 0.640. The second-order valence-corrected chi connectivity index (χ2v) is 8.68. The van der Waals surface area contributed by atoms with Crippen molar-refractivity contribution < 1.29 is 14.3 Å². The molecule has 2 aromatic rings. The Balaban J connectivity index is 1.37. The first-order valence-electron chi connectivity index (χ1n) is 10.1. The van der Waals surface area contributed by atoms with E-state index in [0.717, 1.165) is 37.3 Å². The quantitative estimate of drug-likeness (QED) is 0.791. The Bertz CT molecular complexity index is 860. The van der Waals surface area contributed by atoms with Crippen LogP contribution in [0.4, 0.5) is 4.79 Å². The second kappa shape index (κ2) is 7.99. The largest absolute Gasteiger partial charge is 0.470 e. The molecule has 29 heavy (non-hydrogen) atoms. The Morgan fingerprint density at radius 2 is 1.93 bits per heavy atom. The molecule has 1 aromatic carbocycles. The van der Waals surface area contributed by atoms with Crippen LogP contribution in [0.5, 0.6) is 5.88 Å². The second-order valence-electron chi connectivity index (χ2n) is 8.68. The molecule has 1 saturated heterocycles. The number of likely N-dealkylation sites (tertiary alicyclic amines) is 1. The summed E-state index contributed by atoms with van der Waals surface area (Å²) in [6.07, 6.45) is 2.10. The van der Waals surface area contributed by atoms with Crippen LogP contribution in [0, 0.1) is 0 Å². The highest BCUT2D eigenvalue weighted by Gasteiger charge is 2.36. The highest BCUT2D eigenvalue weighted by Crippen LogP contribution is 2.28. The summed E-state index contributed by atoms with van der Waals surface area (Å²) in [6.45, 7) is 9.26. The monoisotopic (exact) mass is 396 g/mol. The molecule has 3 heterocycles. The molecule has 1 fully saturated rings. The van der Waals surface area contributed by atoms with Gasteiger partial charge in [0.05, 0.1) is 18.8 Å². The number of rotatable bonds is 4. The molecule has 0 bridgehead atoms. The van der Waals surface area contributed by atoms with Gasteiger partial charge in [-0.15, -0.1) is 0 Å². The normalized spacial score (nSPS) is 17.4. The lowest BCUT2D eigenvalue weighted by atomic mass is 10.1. The number of carbonyl (C=O) groups excluding carboxylic acids is 1. The predicted molar refractivity (Wildman–Crippen MR) is 109 cm³/mol. The smallest absolute Gasteiger partial charge is 0.410 e. The van der Waals surface area contributed by atoms with Gasteiger partial charge in [0.15, 0.2) is 0 Å². The summed E-state index contributed by atoms with van der Waals surface area (Å²) in [6, 6.07) is 10.5. The molecule has 7 nitrogen and oxygen atoms in total. The molecule has 0 spiro atoms. The van der Waals surface area contributed by atoms with Crippen molar-refractivity contribution in [1.29, 1.82) is 0 Å². The molecular formula is C22H28N4O3. The van der Waals surface area contributed by atoms with E-state index in [-0.39, 0.29) is 12.2 Å². The molecule has 0 saturated carbocycles. The van der Waals surface area contributed by atoms with E-state index < -0.39 is 5.60 Å². The van der Waals surface area contributed by atoms with Gasteiger partial charge < -0.3 is 14.4 Å². The molecule has 2 aliphatic rings. The Hall–Kier alpha value is -2.67. The third-order valence-corrected chi connectivity index (χ3v) is 5.07. The number of ether oxygens (including phenoxy) is 2. The summed E-state index contributed by atoms with van der Waals surface area (Å²) >= 11 is 0. The van der Waals surface area contributed by atoms with Crippen LogP contribution >= 0.6 is 0 Å². The molecule has 1 aromatic heterocycles. The minimum absolute atomic E-state index is 0.0639. The Morgan fingerprint density at radius 1 is 1.17 bits per heavy atom. The van der Waals surface area contributed by atoms with Gasteiger partial charge in [0, 0.05) is 31.6 Å². The number of nitrogens with zero attached hydrogens (tertiary/aromatic N) is 4. The van der Waals surface area contributed by atoms with Crippen molar-refractivity contribution in [2.45, 2.75) is 52.0 Å². The zero-order valence-corrected chi connectivity index (χ0v) is 17.3. The van der Waals surface area contributed by atoms with Gasteiger partial charge in [-0.25, -0.2) is 14.8 Å². The first kappa shape index (κ1) is 19.6. The summed E-state index contributed by atoms with van der Waals surface area (Å²) in [5, 5.41) is 0. The molecule has 0 N–H and O–H groups in total. The third kappa shape index (κ3) is 4.85. The zero-order chi connectivity index (χ0) is 20.4. The van der Waals surface area contributed by atoms with E-state index in [9.17, 15) is 4.79 Å². The van der Waals surface area contributed by atoms with Gasteiger partial charge in [0.25, 0.3) is 0 Å². The zero-order valence-electron chi connectivity index (χ0n) is 17.3. The summed E-state index contributed by atoms with van der Waals surface area (Å²) in [4.78, 5) is 25.0. The lowest BCUT2D eigenvalue weighted by molar-refractivity contribution is -0.0237. The van der Waals surface area contributed by atoms with Crippen LogP contribution in [-0.2, 0) is 24.2 Å². The van der Waals surface area contributed by atoms with E-state index in [1.165, 1.54) is 5.56 Å². The molecule has 0 aliphatic carbocycles. The van der Waals surface area contributed by atoms with Crippen molar-refractivity contribution >= 4 is 6.09 Å². The summed E-state index contributed by atoms with van der Waals surface area (Å²) in [7, 11) is 0. The summed E-state index contributed by atoms with van der Waals surface area (Å²) < 4.78 is 11.5. The van der Waals surface area contributed by atoms with Gasteiger partial charge in [-0.3, -0.25) is 4.90 Å². The van der Waals surface area contributed by atoms with Crippen LogP contribution in [0.1, 0.15) is 37.6 Å². The van der Waals surface area contributed by atoms with Crippen LogP contribution in [0.25, 0.3) is 0 Å². The van der Waals surface area contributed by atoms with Gasteiger partial charge in [-0.05, 0) is 26.3 Å². The number of hydrogen-bond acceptors (Lipinski definition) is 6. The van der Waals surface area contributed by atoms with Gasteiger partial charge in [0.1, 0.15) is 18.0 Å². The SMILES string of the molecule is CC(C)(C)OC(=O)N1CC(Oc2ncnc3c2CN(Cc2ccccc2)CC3)C1. The molecule has 0 atom stereocenters. The van der Waals surface area contributed by atoms with Crippen molar-refractivity contribution in [1.82, 2.24) is 19.8 Å². The Kier molecular flexibility index (Phi) is 5.41. The Morgan fingerprint density at radius 3 is 2.66 bits per heavy atom. The van der Waals surface area contributed by atoms with Crippen LogP contribution in [0.15, 0.2) is 36.7 Å². The molecule has 0 unspecified atom stereocenters. The molecule has 7 heteroatoms. The van der Waals surface area contributed by atoms with Crippen LogP contribution < -0.4 is 4.74 Å². The standard InChI is InChI=1S/C22H28N4O3/c1-22(2,3)29-21(27)26-12-17(13-26)28-20-18-14-25(10-9-19(18)23-15-24-20)11-16-7-5-4-6-8-16/h4-8,15,17H,9-14H2,1-3H3. The summed E-state index contributed by atoms with van der Waals surface area (Å²) in [5.41, 5.74) is 2.92. The number of fused-ring (bicyclic) bond motifs is 1. The van der Waals surface area contributed by atoms with Crippen molar-refractivity contribution in [2.24, 2.45) is 0 Å². The van der Waals surface area contributed by atoms with E-state index in [4.69, 9.17) is 9.47 Å². The molecule has 154 valence electrons. The minimum atomic E-state index is -0.489. The lowest BCUT2D eigenvalue weighted by Gasteiger charge is -2.39. The maximum atomic E-state index is 12.1. The fraction of sp³-hybridized carbons (Fsp3) is 0.500. The van der Waals surface area contributed by atoms with Gasteiger partial charge in [0.2, 0.25) is 5.88 Å². The number of carbonyl (C=O) groups is 1. The Labute approximate surface area is 171 Å². The number of hydrogen-bond donors (Lipinski definition) is 0. The van der Waals surface area contributed by atoms with Crippen LogP contribution in [0.3, 0.4) is 0 Å². The van der Waals surface area contributed by atoms with Gasteiger partial charge in [-0.1, -0.05) is 30.3 Å². The van der Waals surface area contributed by atoms with E-state index in [2.05, 4.69) is 39.1 Å². The predicted octanol–water partition coefficient (Wildman–Crippen LogP) is 3.03. The molecular weight excluding hydrogens is 368 g/mol. The van der Waals surface area contributed by atoms with Crippen molar-refractivity contribution in [3.63, 3.8) is 0 Å². The fourth-order valence-corrected chi connectivity index (χ4v) is 3.60. The molecule has 2 aliphatic heterocycles. The van der Waals surface area contributed by atoms with Gasteiger partial charge >= 0.3 is 6.09 Å². The highest BCUT2D eigenvalue weighted by molar-refractivity contribution is 5.69. The molecule has 4 rings (SSSR count). The minimum Gasteiger partial charge on any atom is -0.470 e. The van der Waals surface area contributed by atoms with Crippen molar-refractivity contribution in [3.05, 3.63) is 53.5 Å². The van der Waals surface area contributed by atoms with Gasteiger partial charge in [-0.2, -0.15) is 0 Å². The van der Waals surface area contributed by atoms with Crippen molar-refractivity contribution in [2.75, 3.05) is 19.6 Å². The fourth-order valence-electron chi connectivity index (χ4n) is 3.60. The highest BCUT2D eigenvalue weighted by atomic mass is 16.6. The topological polar surface area (TPSA) is 67.8 Å². The maximum absolute atomic E-state index is 12.1. The molecule has 0 radical (unpaired) electrons. The number of benzene rings is 1. The number of amides is 1. The number of aromatic nitrogens is 2. The first-order chi connectivity index (χ1) is 13.9. The van der Waals surface area contributed by atoms with Crippen LogP contribution in [-0.4, -0.2) is 57.2 Å². The van der Waals surface area contributed by atoms with Crippen molar-refractivity contribution in [3.8, 4) is 5.88 Å². The average Bonchev–Trinajstić information content (AvgIpc) is 2.64. The average molecular weight is 396 g/mol. The lowest BCUT2D eigenvalue weighted by Crippen LogP contribution is -2.57. The molecule has 1 amide bonds. The third-order valence-electron chi connectivity index (χ3n) is 5.07. The van der Waals surface area contributed by atoms with E-state index in [1.807, 2.05) is 26.8 Å². The van der Waals surface area contributed by atoms with E-state index >= 15 is 0 Å².